The van der Waals surface area contributed by atoms with Crippen LogP contribution in [-0.2, 0) is 10.0 Å². The molecule has 1 aromatic rings. The highest BCUT2D eigenvalue weighted by Gasteiger charge is 2.17. The standard InChI is InChI=1S/C13H22BrN3O2S/c1-10(2)17(3)8-4-7-16-20(18,19)13-9-11(14)5-6-12(13)15/h5-6,9-10,16H,4,7-8,15H2,1-3H3. The van der Waals surface area contributed by atoms with Gasteiger partial charge >= 0.3 is 0 Å². The van der Waals surface area contributed by atoms with Gasteiger partial charge < -0.3 is 10.6 Å². The fourth-order valence-electron chi connectivity index (χ4n) is 1.61. The summed E-state index contributed by atoms with van der Waals surface area (Å²) in [6, 6.07) is 5.25. The van der Waals surface area contributed by atoms with Crippen molar-refractivity contribution in [1.29, 1.82) is 0 Å². The number of halogens is 1. The number of hydrogen-bond acceptors (Lipinski definition) is 4. The molecule has 114 valence electrons. The van der Waals surface area contributed by atoms with Gasteiger partial charge in [-0.25, -0.2) is 13.1 Å². The topological polar surface area (TPSA) is 75.4 Å². The maximum Gasteiger partial charge on any atom is 0.242 e. The molecule has 5 nitrogen and oxygen atoms in total. The fraction of sp³-hybridized carbons (Fsp3) is 0.538. The van der Waals surface area contributed by atoms with Crippen LogP contribution in [0.3, 0.4) is 0 Å². The van der Waals surface area contributed by atoms with Gasteiger partial charge in [-0.05, 0) is 52.1 Å². The second-order valence-corrected chi connectivity index (χ2v) is 7.66. The second kappa shape index (κ2) is 7.40. The van der Waals surface area contributed by atoms with Crippen LogP contribution in [0.2, 0.25) is 0 Å². The van der Waals surface area contributed by atoms with Gasteiger partial charge in [0.25, 0.3) is 0 Å². The first-order valence-electron chi connectivity index (χ1n) is 6.49. The summed E-state index contributed by atoms with van der Waals surface area (Å²) in [7, 11) is -1.54. The highest BCUT2D eigenvalue weighted by molar-refractivity contribution is 9.10. The first-order valence-corrected chi connectivity index (χ1v) is 8.76. The van der Waals surface area contributed by atoms with Crippen molar-refractivity contribution in [3.8, 4) is 0 Å². The van der Waals surface area contributed by atoms with E-state index < -0.39 is 10.0 Å². The summed E-state index contributed by atoms with van der Waals surface area (Å²) in [5.41, 5.74) is 5.97. The fourth-order valence-corrected chi connectivity index (χ4v) is 3.35. The summed E-state index contributed by atoms with van der Waals surface area (Å²) >= 11 is 3.25. The Bertz CT molecular complexity index is 547. The lowest BCUT2D eigenvalue weighted by molar-refractivity contribution is 0.271. The Hall–Kier alpha value is -0.630. The Labute approximate surface area is 129 Å². The van der Waals surface area contributed by atoms with Crippen molar-refractivity contribution in [1.82, 2.24) is 9.62 Å². The normalized spacial score (nSPS) is 12.3. The largest absolute Gasteiger partial charge is 0.398 e. The molecule has 0 aliphatic carbocycles. The molecule has 1 rings (SSSR count). The van der Waals surface area contributed by atoms with Gasteiger partial charge in [0.2, 0.25) is 10.0 Å². The highest BCUT2D eigenvalue weighted by Crippen LogP contribution is 2.22. The van der Waals surface area contributed by atoms with Gasteiger partial charge in [-0.2, -0.15) is 0 Å². The monoisotopic (exact) mass is 363 g/mol. The minimum Gasteiger partial charge on any atom is -0.398 e. The molecule has 0 heterocycles. The van der Waals surface area contributed by atoms with Crippen LogP contribution in [-0.4, -0.2) is 39.5 Å². The molecule has 0 bridgehead atoms. The molecule has 0 aromatic heterocycles. The number of nitrogens with zero attached hydrogens (tertiary/aromatic N) is 1. The molecule has 0 aliphatic heterocycles. The van der Waals surface area contributed by atoms with E-state index in [-0.39, 0.29) is 10.6 Å². The number of nitrogen functional groups attached to an aromatic ring is 1. The van der Waals surface area contributed by atoms with E-state index in [4.69, 9.17) is 5.73 Å². The molecule has 0 radical (unpaired) electrons. The molecule has 0 atom stereocenters. The van der Waals surface area contributed by atoms with Gasteiger partial charge in [-0.15, -0.1) is 0 Å². The number of sulfonamides is 1. The SMILES string of the molecule is CC(C)N(C)CCCNS(=O)(=O)c1cc(Br)ccc1N. The van der Waals surface area contributed by atoms with Crippen molar-refractivity contribution in [3.63, 3.8) is 0 Å². The average Bonchev–Trinajstić information content (AvgIpc) is 2.37. The molecular weight excluding hydrogens is 342 g/mol. The van der Waals surface area contributed by atoms with Crippen molar-refractivity contribution in [2.45, 2.75) is 31.2 Å². The third kappa shape index (κ3) is 5.05. The summed E-state index contributed by atoms with van der Waals surface area (Å²) < 4.78 is 27.6. The predicted octanol–water partition coefficient (Wildman–Crippen LogP) is 2.04. The lowest BCUT2D eigenvalue weighted by Crippen LogP contribution is -2.31. The maximum absolute atomic E-state index is 12.2. The molecule has 0 saturated carbocycles. The molecular formula is C13H22BrN3O2S. The minimum absolute atomic E-state index is 0.115. The molecule has 0 amide bonds. The Morgan fingerprint density at radius 3 is 2.65 bits per heavy atom. The van der Waals surface area contributed by atoms with Crippen LogP contribution in [0.25, 0.3) is 0 Å². The minimum atomic E-state index is -3.56. The summed E-state index contributed by atoms with van der Waals surface area (Å²) in [6.45, 7) is 5.44. The van der Waals surface area contributed by atoms with Gasteiger partial charge in [-0.3, -0.25) is 0 Å². The zero-order valence-electron chi connectivity index (χ0n) is 12.1. The third-order valence-electron chi connectivity index (χ3n) is 3.13. The Balaban J connectivity index is 2.60. The Kier molecular flexibility index (Phi) is 6.44. The molecule has 0 unspecified atom stereocenters. The molecule has 1 aromatic carbocycles. The quantitative estimate of drug-likeness (QED) is 0.574. The van der Waals surface area contributed by atoms with Gasteiger partial charge in [0.15, 0.2) is 0 Å². The van der Waals surface area contributed by atoms with Crippen LogP contribution in [0.15, 0.2) is 27.6 Å². The van der Waals surface area contributed by atoms with Gasteiger partial charge in [-0.1, -0.05) is 15.9 Å². The number of benzene rings is 1. The first kappa shape index (κ1) is 17.4. The Morgan fingerprint density at radius 2 is 2.05 bits per heavy atom. The number of hydrogen-bond donors (Lipinski definition) is 2. The number of rotatable bonds is 7. The first-order chi connectivity index (χ1) is 9.24. The number of nitrogens with two attached hydrogens (primary N) is 1. The van der Waals surface area contributed by atoms with Gasteiger partial charge in [0.1, 0.15) is 4.90 Å². The highest BCUT2D eigenvalue weighted by atomic mass is 79.9. The van der Waals surface area contributed by atoms with Crippen LogP contribution in [0, 0.1) is 0 Å². The smallest absolute Gasteiger partial charge is 0.242 e. The zero-order valence-corrected chi connectivity index (χ0v) is 14.5. The van der Waals surface area contributed by atoms with Gasteiger partial charge in [0.05, 0.1) is 5.69 Å². The zero-order chi connectivity index (χ0) is 15.3. The van der Waals surface area contributed by atoms with Crippen molar-refractivity contribution in [2.75, 3.05) is 25.9 Å². The van der Waals surface area contributed by atoms with Crippen LogP contribution in [0.4, 0.5) is 5.69 Å². The van der Waals surface area contributed by atoms with Crippen molar-refractivity contribution >= 4 is 31.6 Å². The third-order valence-corrected chi connectivity index (χ3v) is 5.14. The van der Waals surface area contributed by atoms with Crippen molar-refractivity contribution in [3.05, 3.63) is 22.7 Å². The van der Waals surface area contributed by atoms with Crippen LogP contribution < -0.4 is 10.5 Å². The van der Waals surface area contributed by atoms with E-state index >= 15 is 0 Å². The molecule has 20 heavy (non-hydrogen) atoms. The summed E-state index contributed by atoms with van der Waals surface area (Å²) in [6.07, 6.45) is 0.752. The van der Waals surface area contributed by atoms with Crippen LogP contribution in [0.1, 0.15) is 20.3 Å². The molecule has 0 saturated heterocycles. The van der Waals surface area contributed by atoms with E-state index in [9.17, 15) is 8.42 Å². The maximum atomic E-state index is 12.2. The van der Waals surface area contributed by atoms with E-state index in [0.717, 1.165) is 13.0 Å². The predicted molar refractivity (Wildman–Crippen MR) is 86.1 cm³/mol. The number of anilines is 1. The van der Waals surface area contributed by atoms with Gasteiger partial charge in [0, 0.05) is 17.1 Å². The average molecular weight is 364 g/mol. The van der Waals surface area contributed by atoms with Crippen molar-refractivity contribution < 1.29 is 8.42 Å². The number of nitrogens with one attached hydrogen (secondary N) is 1. The molecule has 0 aliphatic rings. The van der Waals surface area contributed by atoms with E-state index in [1.54, 1.807) is 12.1 Å². The molecule has 7 heteroatoms. The summed E-state index contributed by atoms with van der Waals surface area (Å²) in [5.74, 6) is 0. The van der Waals surface area contributed by atoms with E-state index in [1.165, 1.54) is 6.07 Å². The van der Waals surface area contributed by atoms with E-state index in [1.807, 2.05) is 7.05 Å². The van der Waals surface area contributed by atoms with E-state index in [0.29, 0.717) is 17.1 Å². The van der Waals surface area contributed by atoms with Crippen molar-refractivity contribution in [2.24, 2.45) is 0 Å². The van der Waals surface area contributed by atoms with Crippen LogP contribution in [0.5, 0.6) is 0 Å². The second-order valence-electron chi connectivity index (χ2n) is 5.01. The van der Waals surface area contributed by atoms with E-state index in [2.05, 4.69) is 39.4 Å². The molecule has 0 spiro atoms. The summed E-state index contributed by atoms with van der Waals surface area (Å²) in [5, 5.41) is 0. The molecule has 0 fully saturated rings. The van der Waals surface area contributed by atoms with Crippen LogP contribution >= 0.6 is 15.9 Å². The lowest BCUT2D eigenvalue weighted by Gasteiger charge is -2.20. The Morgan fingerprint density at radius 1 is 1.40 bits per heavy atom. The molecule has 3 N–H and O–H groups in total. The lowest BCUT2D eigenvalue weighted by atomic mass is 10.3. The summed E-state index contributed by atoms with van der Waals surface area (Å²) in [4.78, 5) is 2.28.